The van der Waals surface area contributed by atoms with E-state index in [1.807, 2.05) is 20.8 Å². The molecular weight excluding hydrogens is 387 g/mol. The number of sulfone groups is 1. The lowest BCUT2D eigenvalue weighted by molar-refractivity contribution is -0.137. The van der Waals surface area contributed by atoms with E-state index in [2.05, 4.69) is 5.32 Å². The Hall–Kier alpha value is -1.22. The molecule has 0 aliphatic carbocycles. The molecule has 0 radical (unpaired) electrons. The molecule has 0 aromatic heterocycles. The Kier molecular flexibility index (Phi) is 6.84. The maximum Gasteiger partial charge on any atom is 0.416 e. The number of benzene rings is 1. The number of hydrogen-bond donors (Lipinski definition) is 1. The van der Waals surface area contributed by atoms with Crippen LogP contribution < -0.4 is 5.32 Å². The van der Waals surface area contributed by atoms with E-state index in [4.69, 9.17) is 0 Å². The van der Waals surface area contributed by atoms with Gasteiger partial charge in [0.25, 0.3) is 0 Å². The summed E-state index contributed by atoms with van der Waals surface area (Å²) in [7, 11) is -4.30. The Balaban J connectivity index is 2.98. The first-order valence-electron chi connectivity index (χ1n) is 7.93. The van der Waals surface area contributed by atoms with Crippen LogP contribution in [0.15, 0.2) is 29.2 Å². The van der Waals surface area contributed by atoms with Gasteiger partial charge in [0, 0.05) is 17.0 Å². The quantitative estimate of drug-likeness (QED) is 0.721. The molecule has 0 heterocycles. The molecular formula is C17H24F3NO3S2. The van der Waals surface area contributed by atoms with E-state index in [0.29, 0.717) is 11.8 Å². The lowest BCUT2D eigenvalue weighted by Gasteiger charge is -2.25. The number of carbonyl (C=O) groups excluding carboxylic acids is 1. The number of carbonyl (C=O) groups is 1. The SMILES string of the molecule is CC(C)(C)SCCNC(=O)C(C)(C)S(=O)(=O)c1cccc(C(F)(F)F)c1. The second-order valence-corrected chi connectivity index (χ2v) is 11.7. The van der Waals surface area contributed by atoms with Gasteiger partial charge in [-0.3, -0.25) is 4.79 Å². The molecule has 148 valence electrons. The Morgan fingerprint density at radius 3 is 2.19 bits per heavy atom. The Morgan fingerprint density at radius 2 is 1.69 bits per heavy atom. The van der Waals surface area contributed by atoms with E-state index in [0.717, 1.165) is 18.2 Å². The van der Waals surface area contributed by atoms with Crippen LogP contribution in [0.5, 0.6) is 0 Å². The van der Waals surface area contributed by atoms with Crippen LogP contribution in [0.3, 0.4) is 0 Å². The van der Waals surface area contributed by atoms with Crippen LogP contribution in [0.25, 0.3) is 0 Å². The van der Waals surface area contributed by atoms with Gasteiger partial charge in [0.1, 0.15) is 4.75 Å². The second-order valence-electron chi connectivity index (χ2n) is 7.26. The van der Waals surface area contributed by atoms with E-state index in [1.54, 1.807) is 11.8 Å². The first kappa shape index (κ1) is 22.8. The van der Waals surface area contributed by atoms with Crippen molar-refractivity contribution in [3.05, 3.63) is 29.8 Å². The van der Waals surface area contributed by atoms with Crippen molar-refractivity contribution in [2.24, 2.45) is 0 Å². The number of rotatable bonds is 6. The van der Waals surface area contributed by atoms with Crippen LogP contribution >= 0.6 is 11.8 Å². The molecule has 1 aromatic rings. The van der Waals surface area contributed by atoms with Gasteiger partial charge in [0.2, 0.25) is 5.91 Å². The fourth-order valence-corrected chi connectivity index (χ4v) is 4.25. The molecule has 26 heavy (non-hydrogen) atoms. The molecule has 4 nitrogen and oxygen atoms in total. The molecule has 0 bridgehead atoms. The van der Waals surface area contributed by atoms with Crippen molar-refractivity contribution < 1.29 is 26.4 Å². The number of amides is 1. The van der Waals surface area contributed by atoms with Crippen molar-refractivity contribution in [2.75, 3.05) is 12.3 Å². The minimum atomic E-state index is -4.66. The summed E-state index contributed by atoms with van der Waals surface area (Å²) in [5, 5.41) is 2.56. The zero-order valence-corrected chi connectivity index (χ0v) is 17.0. The molecule has 0 atom stereocenters. The third kappa shape index (κ3) is 5.64. The van der Waals surface area contributed by atoms with Gasteiger partial charge in [-0.05, 0) is 32.0 Å². The summed E-state index contributed by atoms with van der Waals surface area (Å²) in [5.74, 6) is -0.154. The Bertz CT molecular complexity index is 751. The van der Waals surface area contributed by atoms with Gasteiger partial charge in [-0.1, -0.05) is 26.8 Å². The van der Waals surface area contributed by atoms with Gasteiger partial charge in [-0.25, -0.2) is 8.42 Å². The van der Waals surface area contributed by atoms with Crippen LogP contribution in [-0.4, -0.2) is 36.1 Å². The number of hydrogen-bond acceptors (Lipinski definition) is 4. The van der Waals surface area contributed by atoms with Crippen LogP contribution in [0, 0.1) is 0 Å². The molecule has 9 heteroatoms. The predicted octanol–water partition coefficient (Wildman–Crippen LogP) is 3.91. The monoisotopic (exact) mass is 411 g/mol. The van der Waals surface area contributed by atoms with E-state index in [1.165, 1.54) is 13.8 Å². The third-order valence-corrected chi connectivity index (χ3v) is 7.29. The normalized spacial score (nSPS) is 13.5. The molecule has 0 aliphatic heterocycles. The van der Waals surface area contributed by atoms with Crippen LogP contribution in [0.1, 0.15) is 40.2 Å². The van der Waals surface area contributed by atoms with E-state index in [-0.39, 0.29) is 11.3 Å². The fraction of sp³-hybridized carbons (Fsp3) is 0.588. The van der Waals surface area contributed by atoms with E-state index in [9.17, 15) is 26.4 Å². The molecule has 1 rings (SSSR count). The molecule has 0 saturated carbocycles. The van der Waals surface area contributed by atoms with Gasteiger partial charge < -0.3 is 5.32 Å². The molecule has 1 aromatic carbocycles. The summed E-state index contributed by atoms with van der Waals surface area (Å²) in [5.41, 5.74) is -1.07. The molecule has 1 amide bonds. The Morgan fingerprint density at radius 1 is 1.12 bits per heavy atom. The van der Waals surface area contributed by atoms with Crippen LogP contribution in [0.4, 0.5) is 13.2 Å². The maximum atomic E-state index is 12.8. The van der Waals surface area contributed by atoms with Gasteiger partial charge in [0.15, 0.2) is 9.84 Å². The molecule has 0 spiro atoms. The predicted molar refractivity (Wildman–Crippen MR) is 97.9 cm³/mol. The highest BCUT2D eigenvalue weighted by Crippen LogP contribution is 2.33. The number of alkyl halides is 3. The number of thioether (sulfide) groups is 1. The smallest absolute Gasteiger partial charge is 0.354 e. The van der Waals surface area contributed by atoms with Crippen molar-refractivity contribution in [1.82, 2.24) is 5.32 Å². The largest absolute Gasteiger partial charge is 0.416 e. The summed E-state index contributed by atoms with van der Waals surface area (Å²) in [4.78, 5) is 11.8. The average molecular weight is 412 g/mol. The lowest BCUT2D eigenvalue weighted by Crippen LogP contribution is -2.48. The molecule has 0 saturated heterocycles. The molecule has 0 aliphatic rings. The Labute approximate surface area is 156 Å². The van der Waals surface area contributed by atoms with Crippen molar-refractivity contribution in [1.29, 1.82) is 0 Å². The highest BCUT2D eigenvalue weighted by molar-refractivity contribution is 8.00. The zero-order chi connectivity index (χ0) is 20.4. The van der Waals surface area contributed by atoms with Gasteiger partial charge in [-0.2, -0.15) is 24.9 Å². The highest BCUT2D eigenvalue weighted by Gasteiger charge is 2.43. The van der Waals surface area contributed by atoms with E-state index < -0.39 is 37.1 Å². The van der Waals surface area contributed by atoms with Crippen molar-refractivity contribution >= 4 is 27.5 Å². The van der Waals surface area contributed by atoms with Gasteiger partial charge in [0.05, 0.1) is 10.5 Å². The van der Waals surface area contributed by atoms with Crippen molar-refractivity contribution in [3.63, 3.8) is 0 Å². The average Bonchev–Trinajstić information content (AvgIpc) is 2.49. The summed E-state index contributed by atoms with van der Waals surface area (Å²) in [6, 6.07) is 3.42. The fourth-order valence-electron chi connectivity index (χ4n) is 1.99. The van der Waals surface area contributed by atoms with Gasteiger partial charge in [-0.15, -0.1) is 0 Å². The summed E-state index contributed by atoms with van der Waals surface area (Å²) < 4.78 is 62.1. The molecule has 0 unspecified atom stereocenters. The first-order valence-corrected chi connectivity index (χ1v) is 10.4. The number of nitrogens with one attached hydrogen (secondary N) is 1. The minimum absolute atomic E-state index is 0.00432. The molecule has 1 N–H and O–H groups in total. The zero-order valence-electron chi connectivity index (χ0n) is 15.4. The minimum Gasteiger partial charge on any atom is -0.354 e. The molecule has 0 fully saturated rings. The highest BCUT2D eigenvalue weighted by atomic mass is 32.2. The first-order chi connectivity index (χ1) is 11.6. The maximum absolute atomic E-state index is 12.8. The van der Waals surface area contributed by atoms with Gasteiger partial charge >= 0.3 is 6.18 Å². The lowest BCUT2D eigenvalue weighted by atomic mass is 10.2. The third-order valence-electron chi connectivity index (χ3n) is 3.61. The van der Waals surface area contributed by atoms with Crippen LogP contribution in [-0.2, 0) is 20.8 Å². The summed E-state index contributed by atoms with van der Waals surface area (Å²) in [6.45, 7) is 8.69. The van der Waals surface area contributed by atoms with E-state index >= 15 is 0 Å². The van der Waals surface area contributed by atoms with Crippen molar-refractivity contribution in [2.45, 2.75) is 55.2 Å². The summed E-state index contributed by atoms with van der Waals surface area (Å²) in [6.07, 6.45) is -4.66. The number of halogens is 3. The standard InChI is InChI=1S/C17H24F3NO3S2/c1-15(2,3)25-10-9-21-14(22)16(4,5)26(23,24)13-8-6-7-12(11-13)17(18,19)20/h6-8,11H,9-10H2,1-5H3,(H,21,22). The van der Waals surface area contributed by atoms with Crippen molar-refractivity contribution in [3.8, 4) is 0 Å². The van der Waals surface area contributed by atoms with Crippen LogP contribution in [0.2, 0.25) is 0 Å². The topological polar surface area (TPSA) is 63.2 Å². The second kappa shape index (κ2) is 7.80. The summed E-state index contributed by atoms with van der Waals surface area (Å²) >= 11 is 1.61.